The lowest BCUT2D eigenvalue weighted by Gasteiger charge is -2.23. The summed E-state index contributed by atoms with van der Waals surface area (Å²) >= 11 is 0. The van der Waals surface area contributed by atoms with E-state index in [1.54, 1.807) is 6.20 Å². The minimum atomic E-state index is -0.480. The molecule has 2 heterocycles. The van der Waals surface area contributed by atoms with E-state index in [1.807, 2.05) is 49.4 Å². The van der Waals surface area contributed by atoms with Crippen LogP contribution in [0.2, 0.25) is 0 Å². The Kier molecular flexibility index (Phi) is 5.43. The average molecular weight is 337 g/mol. The molecule has 130 valence electrons. The number of carbonyl (C=O) groups is 2. The van der Waals surface area contributed by atoms with Crippen LogP contribution in [0.25, 0.3) is 0 Å². The predicted octanol–water partition coefficient (Wildman–Crippen LogP) is 2.65. The van der Waals surface area contributed by atoms with Gasteiger partial charge in [0.2, 0.25) is 11.8 Å². The zero-order valence-electron chi connectivity index (χ0n) is 14.4. The molecule has 2 aromatic rings. The van der Waals surface area contributed by atoms with Gasteiger partial charge in [-0.15, -0.1) is 0 Å². The fraction of sp³-hybridized carbons (Fsp3) is 0.350. The smallest absolute Gasteiger partial charge is 0.243 e. The first-order chi connectivity index (χ1) is 12.1. The highest BCUT2D eigenvalue weighted by Crippen LogP contribution is 2.21. The second-order valence-electron chi connectivity index (χ2n) is 6.47. The van der Waals surface area contributed by atoms with E-state index in [0.29, 0.717) is 12.8 Å². The van der Waals surface area contributed by atoms with E-state index < -0.39 is 6.04 Å². The molecule has 3 rings (SSSR count). The molecule has 25 heavy (non-hydrogen) atoms. The first-order valence-electron chi connectivity index (χ1n) is 8.71. The minimum absolute atomic E-state index is 0.0534. The third-order valence-corrected chi connectivity index (χ3v) is 4.48. The number of hydrogen-bond donors (Lipinski definition) is 2. The fourth-order valence-electron chi connectivity index (χ4n) is 3.05. The Bertz CT molecular complexity index is 728. The molecule has 1 aliphatic heterocycles. The molecule has 1 aromatic carbocycles. The van der Waals surface area contributed by atoms with Gasteiger partial charge < -0.3 is 10.6 Å². The molecule has 1 saturated heterocycles. The van der Waals surface area contributed by atoms with Crippen molar-refractivity contribution >= 4 is 11.8 Å². The van der Waals surface area contributed by atoms with Crippen LogP contribution in [0, 0.1) is 6.92 Å². The van der Waals surface area contributed by atoms with Gasteiger partial charge in [0.05, 0.1) is 11.7 Å². The molecule has 0 bridgehead atoms. The summed E-state index contributed by atoms with van der Waals surface area (Å²) in [7, 11) is 0. The maximum atomic E-state index is 12.8. The lowest BCUT2D eigenvalue weighted by molar-refractivity contribution is -0.128. The van der Waals surface area contributed by atoms with Gasteiger partial charge in [0.25, 0.3) is 0 Å². The Balaban J connectivity index is 1.83. The Morgan fingerprint density at radius 1 is 1.20 bits per heavy atom. The molecule has 2 amide bonds. The number of amides is 2. The van der Waals surface area contributed by atoms with Crippen LogP contribution in [-0.2, 0) is 9.59 Å². The summed E-state index contributed by atoms with van der Waals surface area (Å²) in [5.41, 5.74) is 2.91. The van der Waals surface area contributed by atoms with Crippen LogP contribution >= 0.6 is 0 Å². The van der Waals surface area contributed by atoms with E-state index in [2.05, 4.69) is 15.6 Å². The number of benzene rings is 1. The molecule has 0 unspecified atom stereocenters. The molecule has 0 saturated carbocycles. The number of carbonyl (C=O) groups excluding carboxylic acids is 2. The van der Waals surface area contributed by atoms with Gasteiger partial charge in [-0.2, -0.15) is 0 Å². The molecule has 2 atom stereocenters. The van der Waals surface area contributed by atoms with Gasteiger partial charge in [-0.1, -0.05) is 42.3 Å². The number of nitrogens with zero attached hydrogens (tertiary/aromatic N) is 1. The van der Waals surface area contributed by atoms with E-state index in [0.717, 1.165) is 29.7 Å². The zero-order chi connectivity index (χ0) is 17.6. The normalized spacial score (nSPS) is 18.8. The van der Waals surface area contributed by atoms with E-state index in [-0.39, 0.29) is 17.9 Å². The van der Waals surface area contributed by atoms with Crippen molar-refractivity contribution in [2.75, 3.05) is 0 Å². The summed E-state index contributed by atoms with van der Waals surface area (Å²) in [4.78, 5) is 28.9. The van der Waals surface area contributed by atoms with Crippen molar-refractivity contribution < 1.29 is 9.59 Å². The predicted molar refractivity (Wildman–Crippen MR) is 95.8 cm³/mol. The van der Waals surface area contributed by atoms with E-state index >= 15 is 0 Å². The van der Waals surface area contributed by atoms with Gasteiger partial charge in [-0.3, -0.25) is 14.6 Å². The standard InChI is InChI=1S/C20H23N3O2/c1-14-9-11-15(12-10-14)19(16-6-4-5-13-21-16)23-20(25)17-7-2-3-8-18(24)22-17/h4-6,9-13,17,19H,2-3,7-8H2,1H3,(H,22,24)(H,23,25)/t17-,19+/m1/s1. The third kappa shape index (κ3) is 4.44. The summed E-state index contributed by atoms with van der Waals surface area (Å²) in [5, 5.41) is 5.90. The van der Waals surface area contributed by atoms with Gasteiger partial charge in [-0.25, -0.2) is 0 Å². The molecule has 1 aliphatic rings. The van der Waals surface area contributed by atoms with E-state index in [9.17, 15) is 9.59 Å². The zero-order valence-corrected chi connectivity index (χ0v) is 14.4. The van der Waals surface area contributed by atoms with Crippen LogP contribution < -0.4 is 10.6 Å². The van der Waals surface area contributed by atoms with Crippen molar-refractivity contribution in [1.82, 2.24) is 15.6 Å². The molecule has 0 radical (unpaired) electrons. The number of hydrogen-bond acceptors (Lipinski definition) is 3. The number of nitrogens with one attached hydrogen (secondary N) is 2. The van der Waals surface area contributed by atoms with Crippen molar-refractivity contribution in [2.24, 2.45) is 0 Å². The van der Waals surface area contributed by atoms with Crippen LogP contribution in [-0.4, -0.2) is 22.8 Å². The molecule has 2 N–H and O–H groups in total. The Hall–Kier alpha value is -2.69. The Morgan fingerprint density at radius 2 is 2.00 bits per heavy atom. The molecule has 1 fully saturated rings. The SMILES string of the molecule is Cc1ccc([C@H](NC(=O)[C@H]2CCCCC(=O)N2)c2ccccn2)cc1. The van der Waals surface area contributed by atoms with Crippen molar-refractivity contribution in [3.8, 4) is 0 Å². The summed E-state index contributed by atoms with van der Waals surface area (Å²) in [6.45, 7) is 2.03. The first-order valence-corrected chi connectivity index (χ1v) is 8.71. The maximum Gasteiger partial charge on any atom is 0.243 e. The topological polar surface area (TPSA) is 71.1 Å². The number of pyridine rings is 1. The number of rotatable bonds is 4. The second-order valence-corrected chi connectivity index (χ2v) is 6.47. The highest BCUT2D eigenvalue weighted by atomic mass is 16.2. The summed E-state index contributed by atoms with van der Waals surface area (Å²) in [6.07, 6.45) is 4.58. The summed E-state index contributed by atoms with van der Waals surface area (Å²) < 4.78 is 0. The first kappa shape index (κ1) is 17.1. The highest BCUT2D eigenvalue weighted by Gasteiger charge is 2.26. The molecular weight excluding hydrogens is 314 g/mol. The third-order valence-electron chi connectivity index (χ3n) is 4.48. The van der Waals surface area contributed by atoms with Gasteiger partial charge in [-0.05, 0) is 37.5 Å². The van der Waals surface area contributed by atoms with E-state index in [4.69, 9.17) is 0 Å². The quantitative estimate of drug-likeness (QED) is 0.901. The molecule has 5 nitrogen and oxygen atoms in total. The summed E-state index contributed by atoms with van der Waals surface area (Å²) in [6, 6.07) is 12.9. The molecule has 1 aromatic heterocycles. The largest absolute Gasteiger partial charge is 0.344 e. The monoisotopic (exact) mass is 337 g/mol. The van der Waals surface area contributed by atoms with Crippen molar-refractivity contribution in [1.29, 1.82) is 0 Å². The molecular formula is C20H23N3O2. The van der Waals surface area contributed by atoms with Crippen molar-refractivity contribution in [3.05, 3.63) is 65.5 Å². The van der Waals surface area contributed by atoms with Crippen LogP contribution in [0.15, 0.2) is 48.7 Å². The number of aryl methyl sites for hydroxylation is 1. The van der Waals surface area contributed by atoms with Crippen LogP contribution in [0.5, 0.6) is 0 Å². The average Bonchev–Trinajstić information content (AvgIpc) is 2.86. The molecule has 0 spiro atoms. The van der Waals surface area contributed by atoms with Crippen molar-refractivity contribution in [3.63, 3.8) is 0 Å². The maximum absolute atomic E-state index is 12.8. The lowest BCUT2D eigenvalue weighted by atomic mass is 10.0. The van der Waals surface area contributed by atoms with Crippen molar-refractivity contribution in [2.45, 2.75) is 44.7 Å². The Labute approximate surface area is 147 Å². The Morgan fingerprint density at radius 3 is 2.72 bits per heavy atom. The van der Waals surface area contributed by atoms with Gasteiger partial charge in [0.15, 0.2) is 0 Å². The van der Waals surface area contributed by atoms with Crippen LogP contribution in [0.4, 0.5) is 0 Å². The van der Waals surface area contributed by atoms with Gasteiger partial charge >= 0.3 is 0 Å². The van der Waals surface area contributed by atoms with Gasteiger partial charge in [0.1, 0.15) is 6.04 Å². The fourth-order valence-corrected chi connectivity index (χ4v) is 3.05. The number of aromatic nitrogens is 1. The highest BCUT2D eigenvalue weighted by molar-refractivity contribution is 5.88. The molecule has 0 aliphatic carbocycles. The lowest BCUT2D eigenvalue weighted by Crippen LogP contribution is -2.47. The second kappa shape index (κ2) is 7.92. The van der Waals surface area contributed by atoms with Gasteiger partial charge in [0, 0.05) is 12.6 Å². The van der Waals surface area contributed by atoms with E-state index in [1.165, 1.54) is 0 Å². The molecule has 5 heteroatoms. The van der Waals surface area contributed by atoms with Crippen LogP contribution in [0.1, 0.15) is 48.5 Å². The minimum Gasteiger partial charge on any atom is -0.344 e. The van der Waals surface area contributed by atoms with Crippen LogP contribution in [0.3, 0.4) is 0 Å². The summed E-state index contributed by atoms with van der Waals surface area (Å²) in [5.74, 6) is -0.214.